The van der Waals surface area contributed by atoms with Crippen LogP contribution in [0.5, 0.6) is 0 Å². The Morgan fingerprint density at radius 3 is 2.69 bits per heavy atom. The van der Waals surface area contributed by atoms with E-state index >= 15 is 0 Å². The number of nitro benzene ring substituents is 2. The summed E-state index contributed by atoms with van der Waals surface area (Å²) in [5, 5.41) is 31.0. The number of piperidine rings is 1. The molecule has 0 radical (unpaired) electrons. The Hall–Kier alpha value is -3.04. The van der Waals surface area contributed by atoms with Crippen molar-refractivity contribution in [2.24, 2.45) is 0 Å². The monoisotopic (exact) mass is 358 g/mol. The molecule has 136 valence electrons. The highest BCUT2D eigenvalue weighted by molar-refractivity contribution is 5.67. The number of nitro groups is 2. The van der Waals surface area contributed by atoms with E-state index < -0.39 is 9.85 Å². The van der Waals surface area contributed by atoms with Gasteiger partial charge in [-0.3, -0.25) is 20.2 Å². The molecular formula is C16H18N6O4. The molecule has 0 bridgehead atoms. The molecule has 2 aliphatic rings. The SMILES string of the molecule is O=[N+]([O-])c1ccc(N2CCCC(c3nnc4n3CCC4)C2)c([N+](=O)[O-])c1. The summed E-state index contributed by atoms with van der Waals surface area (Å²) in [5.74, 6) is 2.11. The number of non-ortho nitro benzene ring substituents is 1. The molecule has 3 heterocycles. The maximum Gasteiger partial charge on any atom is 0.299 e. The van der Waals surface area contributed by atoms with E-state index in [2.05, 4.69) is 14.8 Å². The Kier molecular flexibility index (Phi) is 4.02. The Morgan fingerprint density at radius 2 is 1.92 bits per heavy atom. The van der Waals surface area contributed by atoms with Gasteiger partial charge in [0.05, 0.1) is 15.9 Å². The van der Waals surface area contributed by atoms with Gasteiger partial charge in [-0.15, -0.1) is 10.2 Å². The first kappa shape index (κ1) is 16.4. The maximum absolute atomic E-state index is 11.4. The number of benzene rings is 1. The van der Waals surface area contributed by atoms with Crippen molar-refractivity contribution >= 4 is 17.1 Å². The van der Waals surface area contributed by atoms with Gasteiger partial charge in [-0.25, -0.2) is 0 Å². The zero-order valence-electron chi connectivity index (χ0n) is 14.1. The molecule has 0 saturated carbocycles. The van der Waals surface area contributed by atoms with E-state index in [9.17, 15) is 20.2 Å². The van der Waals surface area contributed by atoms with E-state index in [4.69, 9.17) is 0 Å². The number of hydrogen-bond donors (Lipinski definition) is 0. The van der Waals surface area contributed by atoms with Crippen LogP contribution in [0, 0.1) is 20.2 Å². The standard InChI is InChI=1S/C16H18N6O4/c23-21(24)12-5-6-13(14(9-12)22(25)26)19-7-1-3-11(10-19)16-18-17-15-4-2-8-20(15)16/h5-6,9,11H,1-4,7-8,10H2. The molecule has 10 heteroatoms. The van der Waals surface area contributed by atoms with Gasteiger partial charge in [-0.1, -0.05) is 0 Å². The predicted molar refractivity (Wildman–Crippen MR) is 92.3 cm³/mol. The number of hydrogen-bond acceptors (Lipinski definition) is 7. The van der Waals surface area contributed by atoms with Crippen molar-refractivity contribution in [1.82, 2.24) is 14.8 Å². The van der Waals surface area contributed by atoms with Crippen LogP contribution in [-0.2, 0) is 13.0 Å². The molecule has 1 aromatic carbocycles. The summed E-state index contributed by atoms with van der Waals surface area (Å²) in [6.45, 7) is 2.19. The third kappa shape index (κ3) is 2.76. The first-order valence-corrected chi connectivity index (χ1v) is 8.64. The van der Waals surface area contributed by atoms with Crippen molar-refractivity contribution < 1.29 is 9.85 Å². The van der Waals surface area contributed by atoms with Crippen molar-refractivity contribution in [3.05, 3.63) is 50.1 Å². The Bertz CT molecular complexity index is 880. The molecular weight excluding hydrogens is 340 g/mol. The van der Waals surface area contributed by atoms with Crippen molar-refractivity contribution in [3.63, 3.8) is 0 Å². The topological polar surface area (TPSA) is 120 Å². The number of anilines is 1. The van der Waals surface area contributed by atoms with Crippen LogP contribution in [0.1, 0.15) is 36.8 Å². The Balaban J connectivity index is 1.63. The van der Waals surface area contributed by atoms with Gasteiger partial charge in [0, 0.05) is 38.0 Å². The highest BCUT2D eigenvalue weighted by Gasteiger charge is 2.31. The summed E-state index contributed by atoms with van der Waals surface area (Å²) in [7, 11) is 0. The Labute approximate surface area is 148 Å². The van der Waals surface area contributed by atoms with E-state index in [1.54, 1.807) is 0 Å². The van der Waals surface area contributed by atoms with Crippen LogP contribution in [0.4, 0.5) is 17.1 Å². The number of aromatic nitrogens is 3. The van der Waals surface area contributed by atoms with Gasteiger partial charge in [0.15, 0.2) is 0 Å². The largest absolute Gasteiger partial charge is 0.365 e. The molecule has 1 saturated heterocycles. The third-order valence-electron chi connectivity index (χ3n) is 5.13. The molecule has 2 aromatic rings. The summed E-state index contributed by atoms with van der Waals surface area (Å²) in [6.07, 6.45) is 3.84. The highest BCUT2D eigenvalue weighted by Crippen LogP contribution is 2.36. The van der Waals surface area contributed by atoms with Crippen molar-refractivity contribution in [3.8, 4) is 0 Å². The smallest absolute Gasteiger partial charge is 0.299 e. The van der Waals surface area contributed by atoms with E-state index in [0.717, 1.165) is 49.9 Å². The fourth-order valence-electron chi connectivity index (χ4n) is 3.92. The van der Waals surface area contributed by atoms with Gasteiger partial charge in [0.2, 0.25) is 0 Å². The molecule has 0 spiro atoms. The summed E-state index contributed by atoms with van der Waals surface area (Å²) >= 11 is 0. The van der Waals surface area contributed by atoms with Crippen LogP contribution in [0.15, 0.2) is 18.2 Å². The minimum Gasteiger partial charge on any atom is -0.365 e. The zero-order chi connectivity index (χ0) is 18.3. The normalized spacial score (nSPS) is 19.4. The van der Waals surface area contributed by atoms with E-state index in [-0.39, 0.29) is 17.3 Å². The average Bonchev–Trinajstić information content (AvgIpc) is 3.24. The third-order valence-corrected chi connectivity index (χ3v) is 5.13. The average molecular weight is 358 g/mol. The molecule has 0 amide bonds. The lowest BCUT2D eigenvalue weighted by molar-refractivity contribution is -0.393. The number of fused-ring (bicyclic) bond motifs is 1. The lowest BCUT2D eigenvalue weighted by atomic mass is 9.96. The molecule has 4 rings (SSSR count). The molecule has 2 aliphatic heterocycles. The molecule has 1 fully saturated rings. The van der Waals surface area contributed by atoms with Crippen molar-refractivity contribution in [1.29, 1.82) is 0 Å². The number of rotatable bonds is 4. The molecule has 26 heavy (non-hydrogen) atoms. The van der Waals surface area contributed by atoms with Gasteiger partial charge in [0.1, 0.15) is 17.3 Å². The Morgan fingerprint density at radius 1 is 1.08 bits per heavy atom. The van der Waals surface area contributed by atoms with Gasteiger partial charge in [0.25, 0.3) is 11.4 Å². The molecule has 0 N–H and O–H groups in total. The van der Waals surface area contributed by atoms with Gasteiger partial charge in [-0.05, 0) is 25.3 Å². The zero-order valence-corrected chi connectivity index (χ0v) is 14.1. The first-order chi connectivity index (χ1) is 12.5. The molecule has 1 atom stereocenters. The van der Waals surface area contributed by atoms with Crippen LogP contribution < -0.4 is 4.90 Å². The molecule has 1 unspecified atom stereocenters. The lowest BCUT2D eigenvalue weighted by Gasteiger charge is -2.33. The second kappa shape index (κ2) is 6.36. The molecule has 10 nitrogen and oxygen atoms in total. The quantitative estimate of drug-likeness (QED) is 0.608. The summed E-state index contributed by atoms with van der Waals surface area (Å²) in [4.78, 5) is 23.1. The summed E-state index contributed by atoms with van der Waals surface area (Å²) < 4.78 is 2.17. The minimum atomic E-state index is -0.616. The predicted octanol–water partition coefficient (Wildman–Crippen LogP) is 2.42. The van der Waals surface area contributed by atoms with E-state index in [1.807, 2.05) is 4.90 Å². The second-order valence-corrected chi connectivity index (χ2v) is 6.70. The summed E-state index contributed by atoms with van der Waals surface area (Å²) in [5.41, 5.74) is -0.0814. The highest BCUT2D eigenvalue weighted by atomic mass is 16.6. The van der Waals surface area contributed by atoms with Gasteiger partial charge < -0.3 is 9.47 Å². The van der Waals surface area contributed by atoms with Crippen LogP contribution in [0.3, 0.4) is 0 Å². The molecule has 1 aromatic heterocycles. The van der Waals surface area contributed by atoms with Crippen LogP contribution in [0.25, 0.3) is 0 Å². The van der Waals surface area contributed by atoms with E-state index in [1.165, 1.54) is 12.1 Å². The summed E-state index contributed by atoms with van der Waals surface area (Å²) in [6, 6.07) is 3.83. The van der Waals surface area contributed by atoms with Crippen LogP contribution in [-0.4, -0.2) is 37.7 Å². The number of nitrogens with zero attached hydrogens (tertiary/aromatic N) is 6. The second-order valence-electron chi connectivity index (χ2n) is 6.70. The minimum absolute atomic E-state index is 0.151. The maximum atomic E-state index is 11.4. The lowest BCUT2D eigenvalue weighted by Crippen LogP contribution is -2.35. The number of aryl methyl sites for hydroxylation is 1. The van der Waals surface area contributed by atoms with Crippen molar-refractivity contribution in [2.75, 3.05) is 18.0 Å². The first-order valence-electron chi connectivity index (χ1n) is 8.64. The van der Waals surface area contributed by atoms with Gasteiger partial charge >= 0.3 is 0 Å². The van der Waals surface area contributed by atoms with E-state index in [0.29, 0.717) is 18.8 Å². The van der Waals surface area contributed by atoms with Gasteiger partial charge in [-0.2, -0.15) is 0 Å². The molecule has 0 aliphatic carbocycles. The fourth-order valence-corrected chi connectivity index (χ4v) is 3.92. The van der Waals surface area contributed by atoms with Crippen LogP contribution >= 0.6 is 0 Å². The van der Waals surface area contributed by atoms with Crippen molar-refractivity contribution in [2.45, 2.75) is 38.1 Å². The van der Waals surface area contributed by atoms with Crippen LogP contribution in [0.2, 0.25) is 0 Å². The fraction of sp³-hybridized carbons (Fsp3) is 0.500.